The molecule has 0 aromatic carbocycles. The molecule has 0 aliphatic heterocycles. The van der Waals surface area contributed by atoms with E-state index in [1.54, 1.807) is 0 Å². The first-order chi connectivity index (χ1) is 6.03. The van der Waals surface area contributed by atoms with Gasteiger partial charge in [0.05, 0.1) is 5.60 Å². The highest BCUT2D eigenvalue weighted by atomic mass is 16.3. The van der Waals surface area contributed by atoms with Gasteiger partial charge in [0.25, 0.3) is 0 Å². The maximum Gasteiger partial charge on any atom is 0.0743 e. The second-order valence-corrected chi connectivity index (χ2v) is 4.90. The average molecular weight is 185 g/mol. The van der Waals surface area contributed by atoms with E-state index in [1.807, 2.05) is 6.92 Å². The summed E-state index contributed by atoms with van der Waals surface area (Å²) in [5, 5.41) is 13.3. The molecule has 0 radical (unpaired) electrons. The van der Waals surface area contributed by atoms with E-state index in [1.165, 1.54) is 12.8 Å². The Morgan fingerprint density at radius 2 is 2.08 bits per heavy atom. The Hall–Kier alpha value is -0.0800. The lowest BCUT2D eigenvalue weighted by molar-refractivity contribution is 0.0411. The van der Waals surface area contributed by atoms with E-state index in [0.29, 0.717) is 6.04 Å². The summed E-state index contributed by atoms with van der Waals surface area (Å²) in [5.74, 6) is 0.883. The summed E-state index contributed by atoms with van der Waals surface area (Å²) >= 11 is 0. The van der Waals surface area contributed by atoms with Gasteiger partial charge in [0.15, 0.2) is 0 Å². The molecule has 0 aromatic rings. The molecule has 2 nitrogen and oxygen atoms in total. The molecule has 1 aliphatic carbocycles. The molecular formula is C11H23NO. The highest BCUT2D eigenvalue weighted by molar-refractivity contribution is 4.85. The zero-order chi connectivity index (χ0) is 9.90. The van der Waals surface area contributed by atoms with E-state index < -0.39 is 5.60 Å². The third kappa shape index (κ3) is 3.65. The molecule has 0 saturated heterocycles. The van der Waals surface area contributed by atoms with Gasteiger partial charge in [0, 0.05) is 12.6 Å². The molecule has 13 heavy (non-hydrogen) atoms. The Morgan fingerprint density at radius 1 is 1.46 bits per heavy atom. The molecule has 78 valence electrons. The fourth-order valence-corrected chi connectivity index (χ4v) is 2.06. The standard InChI is InChI=1S/C11H23NO/c1-4-5-11(3,13)8-12-10-6-9(2)7-10/h9-10,12-13H,4-8H2,1-3H3. The van der Waals surface area contributed by atoms with Gasteiger partial charge in [-0.05, 0) is 32.1 Å². The van der Waals surface area contributed by atoms with Gasteiger partial charge in [-0.3, -0.25) is 0 Å². The van der Waals surface area contributed by atoms with Crippen molar-refractivity contribution in [3.05, 3.63) is 0 Å². The predicted molar refractivity (Wildman–Crippen MR) is 55.7 cm³/mol. The third-order valence-corrected chi connectivity index (χ3v) is 2.93. The molecule has 1 saturated carbocycles. The van der Waals surface area contributed by atoms with E-state index in [2.05, 4.69) is 19.2 Å². The van der Waals surface area contributed by atoms with Gasteiger partial charge >= 0.3 is 0 Å². The first-order valence-corrected chi connectivity index (χ1v) is 5.49. The van der Waals surface area contributed by atoms with Gasteiger partial charge in [-0.2, -0.15) is 0 Å². The Bertz CT molecular complexity index is 150. The Morgan fingerprint density at radius 3 is 2.54 bits per heavy atom. The number of hydrogen-bond acceptors (Lipinski definition) is 2. The van der Waals surface area contributed by atoms with Crippen LogP contribution in [-0.2, 0) is 0 Å². The van der Waals surface area contributed by atoms with Crippen LogP contribution in [0.4, 0.5) is 0 Å². The van der Waals surface area contributed by atoms with Gasteiger partial charge < -0.3 is 10.4 Å². The number of rotatable bonds is 5. The summed E-state index contributed by atoms with van der Waals surface area (Å²) in [5.41, 5.74) is -0.506. The number of aliphatic hydroxyl groups is 1. The van der Waals surface area contributed by atoms with Crippen molar-refractivity contribution < 1.29 is 5.11 Å². The summed E-state index contributed by atoms with van der Waals surface area (Å²) < 4.78 is 0. The van der Waals surface area contributed by atoms with E-state index in [-0.39, 0.29) is 0 Å². The summed E-state index contributed by atoms with van der Waals surface area (Å²) in [6, 6.07) is 0.665. The third-order valence-electron chi connectivity index (χ3n) is 2.93. The Labute approximate surface area is 81.7 Å². The Kier molecular flexibility index (Phi) is 3.74. The largest absolute Gasteiger partial charge is 0.389 e. The molecule has 1 fully saturated rings. The predicted octanol–water partition coefficient (Wildman–Crippen LogP) is 1.93. The molecule has 1 unspecified atom stereocenters. The minimum absolute atomic E-state index is 0.506. The summed E-state index contributed by atoms with van der Waals surface area (Å²) in [7, 11) is 0. The quantitative estimate of drug-likeness (QED) is 0.686. The van der Waals surface area contributed by atoms with Crippen molar-refractivity contribution in [2.24, 2.45) is 5.92 Å². The van der Waals surface area contributed by atoms with E-state index in [0.717, 1.165) is 25.3 Å². The van der Waals surface area contributed by atoms with Crippen LogP contribution in [0.15, 0.2) is 0 Å². The van der Waals surface area contributed by atoms with Crippen LogP contribution >= 0.6 is 0 Å². The van der Waals surface area contributed by atoms with Gasteiger partial charge in [-0.15, -0.1) is 0 Å². The van der Waals surface area contributed by atoms with Crippen LogP contribution in [0, 0.1) is 5.92 Å². The van der Waals surface area contributed by atoms with Gasteiger partial charge in [0.2, 0.25) is 0 Å². The van der Waals surface area contributed by atoms with Crippen molar-refractivity contribution in [3.63, 3.8) is 0 Å². The molecule has 0 amide bonds. The summed E-state index contributed by atoms with van der Waals surface area (Å²) in [6.07, 6.45) is 4.50. The lowest BCUT2D eigenvalue weighted by Crippen LogP contribution is -2.47. The van der Waals surface area contributed by atoms with Crippen LogP contribution in [0.2, 0.25) is 0 Å². The van der Waals surface area contributed by atoms with Crippen LogP contribution in [0.1, 0.15) is 46.5 Å². The SMILES string of the molecule is CCCC(C)(O)CNC1CC(C)C1. The highest BCUT2D eigenvalue weighted by Crippen LogP contribution is 2.26. The molecular weight excluding hydrogens is 162 g/mol. The lowest BCUT2D eigenvalue weighted by Gasteiger charge is -2.36. The molecule has 0 bridgehead atoms. The van der Waals surface area contributed by atoms with Gasteiger partial charge in [0.1, 0.15) is 0 Å². The number of nitrogens with one attached hydrogen (secondary N) is 1. The monoisotopic (exact) mass is 185 g/mol. The number of hydrogen-bond donors (Lipinski definition) is 2. The van der Waals surface area contributed by atoms with Crippen LogP contribution in [0.25, 0.3) is 0 Å². The minimum Gasteiger partial charge on any atom is -0.389 e. The molecule has 1 atom stereocenters. The zero-order valence-corrected chi connectivity index (χ0v) is 9.14. The molecule has 0 heterocycles. The fraction of sp³-hybridized carbons (Fsp3) is 1.00. The van der Waals surface area contributed by atoms with Crippen molar-refractivity contribution in [1.82, 2.24) is 5.32 Å². The van der Waals surface area contributed by atoms with Crippen molar-refractivity contribution in [1.29, 1.82) is 0 Å². The van der Waals surface area contributed by atoms with E-state index in [4.69, 9.17) is 0 Å². The summed E-state index contributed by atoms with van der Waals surface area (Å²) in [4.78, 5) is 0. The second-order valence-electron chi connectivity index (χ2n) is 4.90. The molecule has 1 rings (SSSR count). The van der Waals surface area contributed by atoms with E-state index >= 15 is 0 Å². The Balaban J connectivity index is 2.10. The maximum atomic E-state index is 9.89. The van der Waals surface area contributed by atoms with Crippen LogP contribution in [0.5, 0.6) is 0 Å². The average Bonchev–Trinajstić information content (AvgIpc) is 1.96. The normalized spacial score (nSPS) is 32.3. The fourth-order valence-electron chi connectivity index (χ4n) is 2.06. The van der Waals surface area contributed by atoms with Crippen molar-refractivity contribution >= 4 is 0 Å². The van der Waals surface area contributed by atoms with Crippen molar-refractivity contribution in [2.75, 3.05) is 6.54 Å². The van der Waals surface area contributed by atoms with Crippen LogP contribution in [-0.4, -0.2) is 23.3 Å². The zero-order valence-electron chi connectivity index (χ0n) is 9.14. The highest BCUT2D eigenvalue weighted by Gasteiger charge is 2.27. The van der Waals surface area contributed by atoms with Gasteiger partial charge in [-0.1, -0.05) is 20.3 Å². The molecule has 0 aromatic heterocycles. The first-order valence-electron chi connectivity index (χ1n) is 5.49. The van der Waals surface area contributed by atoms with Crippen molar-refractivity contribution in [3.8, 4) is 0 Å². The van der Waals surface area contributed by atoms with Crippen LogP contribution in [0.3, 0.4) is 0 Å². The second kappa shape index (κ2) is 4.43. The van der Waals surface area contributed by atoms with Crippen molar-refractivity contribution in [2.45, 2.75) is 58.1 Å². The topological polar surface area (TPSA) is 32.3 Å². The summed E-state index contributed by atoms with van der Waals surface area (Å²) in [6.45, 7) is 7.06. The molecule has 2 heteroatoms. The first kappa shape index (κ1) is 11.0. The molecule has 0 spiro atoms. The minimum atomic E-state index is -0.506. The lowest BCUT2D eigenvalue weighted by atomic mass is 9.81. The van der Waals surface area contributed by atoms with Crippen LogP contribution < -0.4 is 5.32 Å². The molecule has 1 aliphatic rings. The smallest absolute Gasteiger partial charge is 0.0743 e. The maximum absolute atomic E-state index is 9.89. The van der Waals surface area contributed by atoms with E-state index in [9.17, 15) is 5.11 Å². The molecule has 2 N–H and O–H groups in total. The van der Waals surface area contributed by atoms with Gasteiger partial charge in [-0.25, -0.2) is 0 Å².